The van der Waals surface area contributed by atoms with Crippen LogP contribution in [0.15, 0.2) is 48.5 Å². The molecule has 3 amide bonds. The number of carbonyl (C=O) groups is 3. The summed E-state index contributed by atoms with van der Waals surface area (Å²) >= 11 is 0. The molecule has 9 heteroatoms. The van der Waals surface area contributed by atoms with Crippen molar-refractivity contribution in [2.24, 2.45) is 5.92 Å². The van der Waals surface area contributed by atoms with E-state index >= 15 is 0 Å². The molecule has 0 unspecified atom stereocenters. The van der Waals surface area contributed by atoms with E-state index in [1.807, 2.05) is 50.2 Å². The van der Waals surface area contributed by atoms with Gasteiger partial charge >= 0.3 is 6.09 Å². The first-order valence-electron chi connectivity index (χ1n) is 13.7. The molecule has 0 aromatic heterocycles. The van der Waals surface area contributed by atoms with Gasteiger partial charge < -0.3 is 30.5 Å². The van der Waals surface area contributed by atoms with Crippen LogP contribution in [0.2, 0.25) is 0 Å². The number of alkyl carbamates (subject to hydrolysis) is 1. The minimum absolute atomic E-state index is 0.0124. The maximum Gasteiger partial charge on any atom is 0.407 e. The molecular weight excluding hydrogens is 498 g/mol. The maximum atomic E-state index is 12.9. The number of hydrogen-bond acceptors (Lipinski definition) is 6. The lowest BCUT2D eigenvalue weighted by Gasteiger charge is -2.24. The van der Waals surface area contributed by atoms with Crippen molar-refractivity contribution in [1.82, 2.24) is 16.0 Å². The van der Waals surface area contributed by atoms with Crippen molar-refractivity contribution in [3.05, 3.63) is 59.7 Å². The first kappa shape index (κ1) is 30.1. The Morgan fingerprint density at radius 1 is 0.846 bits per heavy atom. The van der Waals surface area contributed by atoms with E-state index in [2.05, 4.69) is 28.1 Å². The van der Waals surface area contributed by atoms with E-state index < -0.39 is 24.1 Å². The lowest BCUT2D eigenvalue weighted by atomic mass is 9.98. The van der Waals surface area contributed by atoms with Gasteiger partial charge in [0.2, 0.25) is 11.8 Å². The molecule has 2 aromatic rings. The van der Waals surface area contributed by atoms with Gasteiger partial charge in [0.1, 0.15) is 18.7 Å². The fraction of sp³-hybridized carbons (Fsp3) is 0.500. The molecule has 1 aliphatic rings. The third-order valence-corrected chi connectivity index (χ3v) is 6.82. The van der Waals surface area contributed by atoms with Gasteiger partial charge in [-0.15, -0.1) is 0 Å². The Balaban J connectivity index is 1.45. The van der Waals surface area contributed by atoms with Gasteiger partial charge in [0.05, 0.1) is 13.2 Å². The van der Waals surface area contributed by atoms with Gasteiger partial charge in [0.25, 0.3) is 0 Å². The van der Waals surface area contributed by atoms with Crippen molar-refractivity contribution in [2.75, 3.05) is 33.0 Å². The van der Waals surface area contributed by atoms with Crippen LogP contribution in [0.25, 0.3) is 11.1 Å². The summed E-state index contributed by atoms with van der Waals surface area (Å²) in [4.78, 5) is 38.1. The number of aliphatic hydroxyl groups is 1. The first-order valence-corrected chi connectivity index (χ1v) is 13.7. The topological polar surface area (TPSA) is 126 Å². The second-order valence-electron chi connectivity index (χ2n) is 10.1. The van der Waals surface area contributed by atoms with Crippen LogP contribution < -0.4 is 16.0 Å². The SMILES string of the molecule is CC(C)[C@H](NC(=O)OCC1c2ccccc2-c2ccccc21)C(=O)N[C@@H](C)C(=O)NCCCCCOCCO. The highest BCUT2D eigenvalue weighted by atomic mass is 16.5. The Bertz CT molecular complexity index is 1060. The fourth-order valence-corrected chi connectivity index (χ4v) is 4.71. The normalized spacial score (nSPS) is 13.8. The van der Waals surface area contributed by atoms with Gasteiger partial charge in [-0.3, -0.25) is 9.59 Å². The Labute approximate surface area is 230 Å². The standard InChI is InChI=1S/C30H41N3O6/c1-20(2)27(29(36)32-21(3)28(35)31-15-9-4-10-17-38-18-16-34)33-30(37)39-19-26-24-13-7-5-11-22(24)23-12-6-8-14-25(23)26/h5-8,11-14,20-21,26-27,34H,4,9-10,15-19H2,1-3H3,(H,31,35)(H,32,36)(H,33,37)/t21-,27-/m0/s1. The summed E-state index contributed by atoms with van der Waals surface area (Å²) in [5.41, 5.74) is 4.50. The van der Waals surface area contributed by atoms with Gasteiger partial charge in [-0.05, 0) is 54.4 Å². The number of carbonyl (C=O) groups excluding carboxylic acids is 3. The molecule has 212 valence electrons. The summed E-state index contributed by atoms with van der Waals surface area (Å²) < 4.78 is 10.8. The second kappa shape index (κ2) is 15.2. The first-order chi connectivity index (χ1) is 18.8. The molecule has 0 aliphatic heterocycles. The van der Waals surface area contributed by atoms with Crippen molar-refractivity contribution < 1.29 is 29.0 Å². The largest absolute Gasteiger partial charge is 0.449 e. The number of nitrogens with one attached hydrogen (secondary N) is 3. The predicted molar refractivity (Wildman–Crippen MR) is 149 cm³/mol. The average molecular weight is 540 g/mol. The minimum Gasteiger partial charge on any atom is -0.449 e. The molecule has 0 radical (unpaired) electrons. The molecule has 39 heavy (non-hydrogen) atoms. The molecule has 0 saturated heterocycles. The van der Waals surface area contributed by atoms with Crippen LogP contribution in [0, 0.1) is 5.92 Å². The molecule has 3 rings (SSSR count). The second-order valence-corrected chi connectivity index (χ2v) is 10.1. The molecule has 0 saturated carbocycles. The number of amides is 3. The third-order valence-electron chi connectivity index (χ3n) is 6.82. The summed E-state index contributed by atoms with van der Waals surface area (Å²) in [7, 11) is 0. The van der Waals surface area contributed by atoms with Gasteiger partial charge in [-0.2, -0.15) is 0 Å². The zero-order valence-electron chi connectivity index (χ0n) is 23.1. The highest BCUT2D eigenvalue weighted by molar-refractivity contribution is 5.91. The highest BCUT2D eigenvalue weighted by Crippen LogP contribution is 2.44. The van der Waals surface area contributed by atoms with Crippen molar-refractivity contribution in [1.29, 1.82) is 0 Å². The van der Waals surface area contributed by atoms with Crippen LogP contribution >= 0.6 is 0 Å². The van der Waals surface area contributed by atoms with E-state index in [0.29, 0.717) is 19.8 Å². The fourth-order valence-electron chi connectivity index (χ4n) is 4.71. The maximum absolute atomic E-state index is 12.9. The Kier molecular flexibility index (Phi) is 11.8. The van der Waals surface area contributed by atoms with E-state index in [4.69, 9.17) is 14.6 Å². The van der Waals surface area contributed by atoms with E-state index in [9.17, 15) is 14.4 Å². The number of rotatable bonds is 15. The number of fused-ring (bicyclic) bond motifs is 3. The number of aliphatic hydroxyl groups excluding tert-OH is 1. The summed E-state index contributed by atoms with van der Waals surface area (Å²) in [5.74, 6) is -1.02. The average Bonchev–Trinajstić information content (AvgIpc) is 3.25. The van der Waals surface area contributed by atoms with Crippen LogP contribution in [0.4, 0.5) is 4.79 Å². The summed E-state index contributed by atoms with van der Waals surface area (Å²) in [6, 6.07) is 14.6. The van der Waals surface area contributed by atoms with Crippen LogP contribution in [-0.2, 0) is 19.1 Å². The molecule has 2 aromatic carbocycles. The summed E-state index contributed by atoms with van der Waals surface area (Å²) in [5, 5.41) is 16.9. The molecule has 2 atom stereocenters. The Hall–Kier alpha value is -3.43. The van der Waals surface area contributed by atoms with Crippen LogP contribution in [0.1, 0.15) is 57.1 Å². The number of benzene rings is 2. The smallest absolute Gasteiger partial charge is 0.407 e. The lowest BCUT2D eigenvalue weighted by molar-refractivity contribution is -0.130. The number of hydrogen-bond donors (Lipinski definition) is 4. The van der Waals surface area contributed by atoms with E-state index in [1.165, 1.54) is 0 Å². The highest BCUT2D eigenvalue weighted by Gasteiger charge is 2.31. The molecule has 1 aliphatic carbocycles. The van der Waals surface area contributed by atoms with Gasteiger partial charge in [-0.1, -0.05) is 62.4 Å². The molecule has 0 spiro atoms. The molecule has 0 heterocycles. The van der Waals surface area contributed by atoms with Crippen LogP contribution in [-0.4, -0.2) is 68.1 Å². The molecule has 0 fully saturated rings. The van der Waals surface area contributed by atoms with Gasteiger partial charge in [0, 0.05) is 19.1 Å². The van der Waals surface area contributed by atoms with Gasteiger partial charge in [-0.25, -0.2) is 4.79 Å². The lowest BCUT2D eigenvalue weighted by Crippen LogP contribution is -2.54. The molecule has 0 bridgehead atoms. The van der Waals surface area contributed by atoms with Gasteiger partial charge in [0.15, 0.2) is 0 Å². The Morgan fingerprint density at radius 3 is 2.10 bits per heavy atom. The minimum atomic E-state index is -0.852. The quantitative estimate of drug-likeness (QED) is 0.257. The molecule has 9 nitrogen and oxygen atoms in total. The van der Waals surface area contributed by atoms with Crippen LogP contribution in [0.3, 0.4) is 0 Å². The number of ether oxygens (including phenoxy) is 2. The van der Waals surface area contributed by atoms with Crippen molar-refractivity contribution in [3.63, 3.8) is 0 Å². The monoisotopic (exact) mass is 539 g/mol. The van der Waals surface area contributed by atoms with E-state index in [1.54, 1.807) is 6.92 Å². The zero-order valence-corrected chi connectivity index (χ0v) is 23.1. The van der Waals surface area contributed by atoms with Crippen molar-refractivity contribution >= 4 is 17.9 Å². The third kappa shape index (κ3) is 8.53. The van der Waals surface area contributed by atoms with Crippen molar-refractivity contribution in [2.45, 2.75) is 58.0 Å². The van der Waals surface area contributed by atoms with E-state index in [0.717, 1.165) is 41.5 Å². The predicted octanol–water partition coefficient (Wildman–Crippen LogP) is 3.35. The molecule has 4 N–H and O–H groups in total. The Morgan fingerprint density at radius 2 is 1.49 bits per heavy atom. The van der Waals surface area contributed by atoms with Crippen molar-refractivity contribution in [3.8, 4) is 11.1 Å². The summed E-state index contributed by atoms with van der Waals surface area (Å²) in [6.45, 7) is 6.82. The number of unbranched alkanes of at least 4 members (excludes halogenated alkanes) is 2. The van der Waals surface area contributed by atoms with E-state index in [-0.39, 0.29) is 31.0 Å². The summed E-state index contributed by atoms with van der Waals surface area (Å²) in [6.07, 6.45) is 1.84. The van der Waals surface area contributed by atoms with Crippen LogP contribution in [0.5, 0.6) is 0 Å². The molecular formula is C30H41N3O6. The zero-order chi connectivity index (χ0) is 28.2.